The highest BCUT2D eigenvalue weighted by atomic mass is 16.1. The van der Waals surface area contributed by atoms with Crippen molar-refractivity contribution in [2.45, 2.75) is 24.9 Å². The molecule has 0 aliphatic heterocycles. The molecule has 0 spiro atoms. The highest BCUT2D eigenvalue weighted by Crippen LogP contribution is 2.17. The van der Waals surface area contributed by atoms with Gasteiger partial charge in [-0.1, -0.05) is 0 Å². The SMILES string of the molecule is NC1CC(NC(=O)c2ccncn2)C1. The quantitative estimate of drug-likeness (QED) is 0.674. The molecule has 0 unspecified atom stereocenters. The summed E-state index contributed by atoms with van der Waals surface area (Å²) in [4.78, 5) is 19.1. The standard InChI is InChI=1S/C9H12N4O/c10-6-3-7(4-6)13-9(14)8-1-2-11-5-12-8/h1-2,5-7H,3-4,10H2,(H,13,14). The van der Waals surface area contributed by atoms with Gasteiger partial charge in [0.1, 0.15) is 12.0 Å². The van der Waals surface area contributed by atoms with Crippen LogP contribution in [0.1, 0.15) is 23.3 Å². The maximum atomic E-state index is 11.5. The first-order valence-electron chi connectivity index (χ1n) is 4.58. The number of nitrogens with two attached hydrogens (primary N) is 1. The molecular weight excluding hydrogens is 180 g/mol. The number of carbonyl (C=O) groups excluding carboxylic acids is 1. The van der Waals surface area contributed by atoms with Crippen LogP contribution in [0.4, 0.5) is 0 Å². The third-order valence-corrected chi connectivity index (χ3v) is 2.32. The lowest BCUT2D eigenvalue weighted by atomic mass is 9.87. The molecule has 0 saturated heterocycles. The van der Waals surface area contributed by atoms with Crippen LogP contribution in [0.2, 0.25) is 0 Å². The van der Waals surface area contributed by atoms with E-state index in [1.807, 2.05) is 0 Å². The van der Waals surface area contributed by atoms with Crippen LogP contribution < -0.4 is 11.1 Å². The van der Waals surface area contributed by atoms with E-state index in [1.54, 1.807) is 12.3 Å². The van der Waals surface area contributed by atoms with Crippen molar-refractivity contribution in [2.24, 2.45) is 5.73 Å². The van der Waals surface area contributed by atoms with Gasteiger partial charge in [-0.3, -0.25) is 4.79 Å². The Bertz CT molecular complexity index is 321. The Kier molecular flexibility index (Phi) is 2.41. The molecule has 0 radical (unpaired) electrons. The number of nitrogens with one attached hydrogen (secondary N) is 1. The number of hydrogen-bond acceptors (Lipinski definition) is 4. The summed E-state index contributed by atoms with van der Waals surface area (Å²) in [6.07, 6.45) is 4.63. The normalized spacial score (nSPS) is 25.2. The van der Waals surface area contributed by atoms with E-state index in [-0.39, 0.29) is 18.0 Å². The summed E-state index contributed by atoms with van der Waals surface area (Å²) in [7, 11) is 0. The molecule has 1 aliphatic rings. The number of nitrogens with zero attached hydrogens (tertiary/aromatic N) is 2. The number of amides is 1. The molecule has 1 heterocycles. The van der Waals surface area contributed by atoms with Gasteiger partial charge in [-0.05, 0) is 18.9 Å². The van der Waals surface area contributed by atoms with Crippen LogP contribution in [0, 0.1) is 0 Å². The lowest BCUT2D eigenvalue weighted by Crippen LogP contribution is -2.50. The summed E-state index contributed by atoms with van der Waals surface area (Å²) >= 11 is 0. The Morgan fingerprint density at radius 2 is 2.36 bits per heavy atom. The fourth-order valence-corrected chi connectivity index (χ4v) is 1.46. The molecule has 14 heavy (non-hydrogen) atoms. The smallest absolute Gasteiger partial charge is 0.270 e. The van der Waals surface area contributed by atoms with Gasteiger partial charge in [-0.15, -0.1) is 0 Å². The lowest BCUT2D eigenvalue weighted by molar-refractivity contribution is 0.0905. The fraction of sp³-hybridized carbons (Fsp3) is 0.444. The number of rotatable bonds is 2. The first-order valence-corrected chi connectivity index (χ1v) is 4.58. The van der Waals surface area contributed by atoms with Gasteiger partial charge >= 0.3 is 0 Å². The molecular formula is C9H12N4O. The van der Waals surface area contributed by atoms with Crippen LogP contribution in [-0.4, -0.2) is 28.0 Å². The zero-order valence-corrected chi connectivity index (χ0v) is 7.68. The Balaban J connectivity index is 1.90. The molecule has 74 valence electrons. The van der Waals surface area contributed by atoms with E-state index in [9.17, 15) is 4.79 Å². The van der Waals surface area contributed by atoms with Crippen molar-refractivity contribution in [3.05, 3.63) is 24.3 Å². The van der Waals surface area contributed by atoms with E-state index in [2.05, 4.69) is 15.3 Å². The van der Waals surface area contributed by atoms with Gasteiger partial charge in [0.2, 0.25) is 0 Å². The fourth-order valence-electron chi connectivity index (χ4n) is 1.46. The van der Waals surface area contributed by atoms with Crippen molar-refractivity contribution in [1.82, 2.24) is 15.3 Å². The average molecular weight is 192 g/mol. The molecule has 5 nitrogen and oxygen atoms in total. The van der Waals surface area contributed by atoms with E-state index in [0.29, 0.717) is 5.69 Å². The molecule has 1 aromatic rings. The highest BCUT2D eigenvalue weighted by molar-refractivity contribution is 5.92. The minimum Gasteiger partial charge on any atom is -0.348 e. The van der Waals surface area contributed by atoms with Crippen molar-refractivity contribution in [1.29, 1.82) is 0 Å². The van der Waals surface area contributed by atoms with E-state index in [1.165, 1.54) is 6.33 Å². The summed E-state index contributed by atoms with van der Waals surface area (Å²) < 4.78 is 0. The van der Waals surface area contributed by atoms with E-state index < -0.39 is 0 Å². The summed E-state index contributed by atoms with van der Waals surface area (Å²) in [6.45, 7) is 0. The zero-order valence-electron chi connectivity index (χ0n) is 7.68. The summed E-state index contributed by atoms with van der Waals surface area (Å²) in [6, 6.07) is 2.05. The van der Waals surface area contributed by atoms with Crippen LogP contribution in [0.25, 0.3) is 0 Å². The molecule has 1 saturated carbocycles. The Hall–Kier alpha value is -1.49. The van der Waals surface area contributed by atoms with E-state index in [0.717, 1.165) is 12.8 Å². The summed E-state index contributed by atoms with van der Waals surface area (Å²) in [5.74, 6) is -0.149. The Labute approximate surface area is 81.7 Å². The van der Waals surface area contributed by atoms with Gasteiger partial charge in [0, 0.05) is 18.3 Å². The van der Waals surface area contributed by atoms with Crippen LogP contribution in [0.5, 0.6) is 0 Å². The van der Waals surface area contributed by atoms with Crippen LogP contribution in [-0.2, 0) is 0 Å². The third kappa shape index (κ3) is 1.88. The largest absolute Gasteiger partial charge is 0.348 e. The predicted octanol–water partition coefficient (Wildman–Crippen LogP) is -0.304. The maximum Gasteiger partial charge on any atom is 0.270 e. The topological polar surface area (TPSA) is 80.9 Å². The predicted molar refractivity (Wildman–Crippen MR) is 50.5 cm³/mol. The first kappa shape index (κ1) is 9.08. The van der Waals surface area contributed by atoms with Gasteiger partial charge in [-0.2, -0.15) is 0 Å². The molecule has 1 aromatic heterocycles. The molecule has 5 heteroatoms. The molecule has 3 N–H and O–H groups in total. The van der Waals surface area contributed by atoms with Gasteiger partial charge < -0.3 is 11.1 Å². The second-order valence-electron chi connectivity index (χ2n) is 3.50. The molecule has 0 atom stereocenters. The highest BCUT2D eigenvalue weighted by Gasteiger charge is 2.27. The van der Waals surface area contributed by atoms with Crippen molar-refractivity contribution < 1.29 is 4.79 Å². The van der Waals surface area contributed by atoms with Gasteiger partial charge in [0.15, 0.2) is 0 Å². The number of hydrogen-bond donors (Lipinski definition) is 2. The number of carbonyl (C=O) groups is 1. The second-order valence-corrected chi connectivity index (χ2v) is 3.50. The zero-order chi connectivity index (χ0) is 9.97. The second kappa shape index (κ2) is 3.71. The Morgan fingerprint density at radius 1 is 1.57 bits per heavy atom. The molecule has 0 aromatic carbocycles. The van der Waals surface area contributed by atoms with E-state index >= 15 is 0 Å². The monoisotopic (exact) mass is 192 g/mol. The van der Waals surface area contributed by atoms with Crippen LogP contribution in [0.15, 0.2) is 18.6 Å². The summed E-state index contributed by atoms with van der Waals surface area (Å²) in [5.41, 5.74) is 6.01. The first-order chi connectivity index (χ1) is 6.75. The third-order valence-electron chi connectivity index (χ3n) is 2.32. The van der Waals surface area contributed by atoms with Crippen molar-refractivity contribution in [3.8, 4) is 0 Å². The molecule has 1 aliphatic carbocycles. The average Bonchev–Trinajstić information content (AvgIpc) is 2.17. The molecule has 0 bridgehead atoms. The molecule has 1 fully saturated rings. The van der Waals surface area contributed by atoms with E-state index in [4.69, 9.17) is 5.73 Å². The maximum absolute atomic E-state index is 11.5. The Morgan fingerprint density at radius 3 is 2.93 bits per heavy atom. The van der Waals surface area contributed by atoms with Gasteiger partial charge in [0.05, 0.1) is 0 Å². The van der Waals surface area contributed by atoms with Crippen LogP contribution in [0.3, 0.4) is 0 Å². The minimum atomic E-state index is -0.149. The van der Waals surface area contributed by atoms with Gasteiger partial charge in [0.25, 0.3) is 5.91 Å². The van der Waals surface area contributed by atoms with Crippen molar-refractivity contribution >= 4 is 5.91 Å². The minimum absolute atomic E-state index is 0.149. The molecule has 2 rings (SSSR count). The lowest BCUT2D eigenvalue weighted by Gasteiger charge is -2.32. The molecule has 1 amide bonds. The summed E-state index contributed by atoms with van der Waals surface area (Å²) in [5, 5.41) is 2.85. The van der Waals surface area contributed by atoms with Crippen LogP contribution >= 0.6 is 0 Å². The number of aromatic nitrogens is 2. The van der Waals surface area contributed by atoms with Gasteiger partial charge in [-0.25, -0.2) is 9.97 Å². The van der Waals surface area contributed by atoms with Crippen molar-refractivity contribution in [3.63, 3.8) is 0 Å². The van der Waals surface area contributed by atoms with Crippen molar-refractivity contribution in [2.75, 3.05) is 0 Å².